The molecule has 4 rings (SSSR count). The van der Waals surface area contributed by atoms with Crippen LogP contribution >= 0.6 is 23.8 Å². The molecule has 1 aromatic heterocycles. The molecule has 0 aliphatic heterocycles. The molecule has 34 heavy (non-hydrogen) atoms. The molecule has 9 heteroatoms. The molecule has 0 aliphatic carbocycles. The van der Waals surface area contributed by atoms with Crippen molar-refractivity contribution in [3.05, 3.63) is 82.4 Å². The fourth-order valence-corrected chi connectivity index (χ4v) is 3.71. The highest BCUT2D eigenvalue weighted by Crippen LogP contribution is 2.32. The van der Waals surface area contributed by atoms with Crippen molar-refractivity contribution in [1.29, 1.82) is 0 Å². The van der Waals surface area contributed by atoms with E-state index in [1.165, 1.54) is 0 Å². The van der Waals surface area contributed by atoms with Crippen molar-refractivity contribution in [2.24, 2.45) is 0 Å². The van der Waals surface area contributed by atoms with E-state index in [1.807, 2.05) is 12.1 Å². The van der Waals surface area contributed by atoms with Gasteiger partial charge in [0.2, 0.25) is 5.89 Å². The quantitative estimate of drug-likeness (QED) is 0.238. The third kappa shape index (κ3) is 5.08. The van der Waals surface area contributed by atoms with E-state index in [0.29, 0.717) is 22.4 Å². The minimum atomic E-state index is -1.06. The van der Waals surface area contributed by atoms with Gasteiger partial charge in [-0.1, -0.05) is 44.5 Å². The molecule has 2 N–H and O–H groups in total. The summed E-state index contributed by atoms with van der Waals surface area (Å²) in [4.78, 5) is 16.8. The van der Waals surface area contributed by atoms with E-state index in [1.54, 1.807) is 30.3 Å². The number of amides is 1. The first kappa shape index (κ1) is 23.8. The zero-order valence-electron chi connectivity index (χ0n) is 18.5. The molecule has 0 radical (unpaired) electrons. The van der Waals surface area contributed by atoms with Crippen molar-refractivity contribution < 1.29 is 18.0 Å². The Labute approximate surface area is 205 Å². The molecule has 0 saturated heterocycles. The van der Waals surface area contributed by atoms with Gasteiger partial charge < -0.3 is 9.73 Å². The summed E-state index contributed by atoms with van der Waals surface area (Å²) in [7, 11) is 0. The topological polar surface area (TPSA) is 67.2 Å². The minimum absolute atomic E-state index is 0.0122. The number of aromatic nitrogens is 1. The molecule has 4 aromatic rings. The van der Waals surface area contributed by atoms with Crippen LogP contribution in [0.1, 0.15) is 36.7 Å². The Balaban J connectivity index is 1.47. The first-order valence-corrected chi connectivity index (χ1v) is 11.1. The molecule has 5 nitrogen and oxygen atoms in total. The van der Waals surface area contributed by atoms with Gasteiger partial charge >= 0.3 is 0 Å². The Hall–Kier alpha value is -3.36. The van der Waals surface area contributed by atoms with Gasteiger partial charge in [0.05, 0.1) is 10.6 Å². The largest absolute Gasteiger partial charge is 0.436 e. The van der Waals surface area contributed by atoms with Crippen LogP contribution in [0.3, 0.4) is 0 Å². The van der Waals surface area contributed by atoms with E-state index in [-0.39, 0.29) is 32.9 Å². The summed E-state index contributed by atoms with van der Waals surface area (Å²) in [6, 6.07) is 14.1. The molecule has 3 aromatic carbocycles. The summed E-state index contributed by atoms with van der Waals surface area (Å²) < 4.78 is 32.6. The molecule has 0 aliphatic rings. The van der Waals surface area contributed by atoms with Gasteiger partial charge in [0.25, 0.3) is 5.91 Å². The van der Waals surface area contributed by atoms with Crippen LogP contribution in [0.25, 0.3) is 22.6 Å². The minimum Gasteiger partial charge on any atom is -0.436 e. The molecule has 0 spiro atoms. The number of halogens is 3. The number of nitrogens with zero attached hydrogens (tertiary/aromatic N) is 1. The van der Waals surface area contributed by atoms with Gasteiger partial charge in [0.1, 0.15) is 5.52 Å². The summed E-state index contributed by atoms with van der Waals surface area (Å²) in [6.45, 7) is 6.30. The SMILES string of the molecule is CC(C)(C)c1ccc(C(=O)NC(=S)Nc2ccc3oc(-c4cc(F)c(F)cc4Cl)nc3c2)cc1. The second-order valence-electron chi connectivity index (χ2n) is 8.68. The third-order valence-electron chi connectivity index (χ3n) is 5.13. The maximum absolute atomic E-state index is 13.6. The number of anilines is 1. The molecule has 0 bridgehead atoms. The van der Waals surface area contributed by atoms with Crippen LogP contribution in [-0.4, -0.2) is 16.0 Å². The van der Waals surface area contributed by atoms with Gasteiger partial charge in [-0.25, -0.2) is 13.8 Å². The average molecular weight is 500 g/mol. The van der Waals surface area contributed by atoms with Crippen molar-refractivity contribution in [3.63, 3.8) is 0 Å². The summed E-state index contributed by atoms with van der Waals surface area (Å²) in [5.74, 6) is -2.41. The van der Waals surface area contributed by atoms with Crippen LogP contribution in [0.15, 0.2) is 59.0 Å². The number of thiocarbonyl (C=S) groups is 1. The first-order chi connectivity index (χ1) is 16.0. The number of fused-ring (bicyclic) bond motifs is 1. The van der Waals surface area contributed by atoms with Crippen LogP contribution in [0.2, 0.25) is 5.02 Å². The van der Waals surface area contributed by atoms with E-state index in [9.17, 15) is 13.6 Å². The molecule has 0 atom stereocenters. The fourth-order valence-electron chi connectivity index (χ4n) is 3.27. The normalized spacial score (nSPS) is 11.5. The highest BCUT2D eigenvalue weighted by atomic mass is 35.5. The van der Waals surface area contributed by atoms with E-state index in [2.05, 4.69) is 36.4 Å². The van der Waals surface area contributed by atoms with E-state index in [4.69, 9.17) is 28.2 Å². The number of rotatable bonds is 3. The van der Waals surface area contributed by atoms with Crippen molar-refractivity contribution in [1.82, 2.24) is 10.3 Å². The number of carbonyl (C=O) groups is 1. The van der Waals surface area contributed by atoms with Crippen molar-refractivity contribution in [3.8, 4) is 11.5 Å². The van der Waals surface area contributed by atoms with Gasteiger partial charge in [0.15, 0.2) is 22.3 Å². The van der Waals surface area contributed by atoms with Crippen LogP contribution in [0.4, 0.5) is 14.5 Å². The molecular weight excluding hydrogens is 480 g/mol. The van der Waals surface area contributed by atoms with Crippen LogP contribution < -0.4 is 10.6 Å². The molecule has 0 unspecified atom stereocenters. The van der Waals surface area contributed by atoms with Crippen LogP contribution in [0.5, 0.6) is 0 Å². The van der Waals surface area contributed by atoms with Gasteiger partial charge in [-0.3, -0.25) is 10.1 Å². The Morgan fingerprint density at radius 1 is 1.03 bits per heavy atom. The van der Waals surface area contributed by atoms with Crippen molar-refractivity contribution >= 4 is 51.6 Å². The number of nitrogens with one attached hydrogen (secondary N) is 2. The lowest BCUT2D eigenvalue weighted by Gasteiger charge is -2.19. The lowest BCUT2D eigenvalue weighted by molar-refractivity contribution is 0.0977. The van der Waals surface area contributed by atoms with Crippen LogP contribution in [-0.2, 0) is 5.41 Å². The number of benzene rings is 3. The summed E-state index contributed by atoms with van der Waals surface area (Å²) in [5.41, 5.74) is 3.13. The molecule has 1 amide bonds. The predicted molar refractivity (Wildman–Crippen MR) is 133 cm³/mol. The van der Waals surface area contributed by atoms with Gasteiger partial charge in [-0.2, -0.15) is 0 Å². The molecule has 174 valence electrons. The molecule has 1 heterocycles. The lowest BCUT2D eigenvalue weighted by Crippen LogP contribution is -2.34. The molecule has 0 saturated carbocycles. The zero-order valence-corrected chi connectivity index (χ0v) is 20.1. The summed E-state index contributed by atoms with van der Waals surface area (Å²) in [6.07, 6.45) is 0. The number of oxazole rings is 1. The Morgan fingerprint density at radius 2 is 1.71 bits per heavy atom. The van der Waals surface area contributed by atoms with E-state index in [0.717, 1.165) is 17.7 Å². The van der Waals surface area contributed by atoms with E-state index < -0.39 is 11.6 Å². The summed E-state index contributed by atoms with van der Waals surface area (Å²) in [5, 5.41) is 5.66. The number of hydrogen-bond acceptors (Lipinski definition) is 4. The maximum Gasteiger partial charge on any atom is 0.257 e. The van der Waals surface area contributed by atoms with Gasteiger partial charge in [0, 0.05) is 11.3 Å². The standard InChI is InChI=1S/C25H20ClF2N3O2S/c1-25(2,3)14-6-4-13(5-7-14)22(32)31-24(34)29-15-8-9-21-20(10-15)30-23(33-21)16-11-18(27)19(28)12-17(16)26/h4-12H,1-3H3,(H2,29,31,32,34). The second-order valence-corrected chi connectivity index (χ2v) is 9.50. The smallest absolute Gasteiger partial charge is 0.257 e. The molecular formula is C25H20ClF2N3O2S. The third-order valence-corrected chi connectivity index (χ3v) is 5.64. The zero-order chi connectivity index (χ0) is 24.6. The summed E-state index contributed by atoms with van der Waals surface area (Å²) >= 11 is 11.3. The van der Waals surface area contributed by atoms with Gasteiger partial charge in [-0.15, -0.1) is 0 Å². The fraction of sp³-hybridized carbons (Fsp3) is 0.160. The monoisotopic (exact) mass is 499 g/mol. The number of carbonyl (C=O) groups excluding carboxylic acids is 1. The van der Waals surface area contributed by atoms with Crippen molar-refractivity contribution in [2.45, 2.75) is 26.2 Å². The Bertz CT molecular complexity index is 1410. The first-order valence-electron chi connectivity index (χ1n) is 10.3. The Kier molecular flexibility index (Phi) is 6.38. The maximum atomic E-state index is 13.6. The average Bonchev–Trinajstić information content (AvgIpc) is 3.18. The second kappa shape index (κ2) is 9.12. The Morgan fingerprint density at radius 3 is 2.38 bits per heavy atom. The lowest BCUT2D eigenvalue weighted by atomic mass is 9.87. The highest BCUT2D eigenvalue weighted by Gasteiger charge is 2.17. The van der Waals surface area contributed by atoms with Crippen LogP contribution in [0, 0.1) is 11.6 Å². The molecule has 0 fully saturated rings. The van der Waals surface area contributed by atoms with E-state index >= 15 is 0 Å². The highest BCUT2D eigenvalue weighted by molar-refractivity contribution is 7.80. The van der Waals surface area contributed by atoms with Crippen molar-refractivity contribution in [2.75, 3.05) is 5.32 Å². The van der Waals surface area contributed by atoms with Gasteiger partial charge in [-0.05, 0) is 65.7 Å². The number of hydrogen-bond donors (Lipinski definition) is 2. The predicted octanol–water partition coefficient (Wildman–Crippen LogP) is 6.85.